The van der Waals surface area contributed by atoms with Crippen molar-refractivity contribution in [2.24, 2.45) is 5.73 Å². The minimum absolute atomic E-state index is 0.119. The number of nitrogens with zero attached hydrogens (tertiary/aromatic N) is 2. The standard InChI is InChI=1S/C23H28N4O3S/c1-17-6-2-3-7-18(17)14-23(30)27-12-10-26(11-13-27)15-22(29)25-19-8-4-5-9-20(19)31-16-21(24)28/h2-9H,10-16H2,1H3,(H2,24,28)(H,25,29). The Bertz CT molecular complexity index is 942. The molecule has 7 nitrogen and oxygen atoms in total. The highest BCUT2D eigenvalue weighted by atomic mass is 32.2. The van der Waals surface area contributed by atoms with E-state index in [1.165, 1.54) is 11.8 Å². The summed E-state index contributed by atoms with van der Waals surface area (Å²) in [6.07, 6.45) is 0.410. The van der Waals surface area contributed by atoms with Crippen molar-refractivity contribution in [1.29, 1.82) is 0 Å². The van der Waals surface area contributed by atoms with Crippen molar-refractivity contribution in [1.82, 2.24) is 9.80 Å². The summed E-state index contributed by atoms with van der Waals surface area (Å²) in [5.41, 5.74) is 8.07. The lowest BCUT2D eigenvalue weighted by Crippen LogP contribution is -2.50. The normalized spacial score (nSPS) is 14.3. The SMILES string of the molecule is Cc1ccccc1CC(=O)N1CCN(CC(=O)Nc2ccccc2SCC(N)=O)CC1. The molecule has 3 N–H and O–H groups in total. The molecule has 3 amide bonds. The van der Waals surface area contributed by atoms with Crippen LogP contribution in [0.15, 0.2) is 53.4 Å². The number of carbonyl (C=O) groups is 3. The Balaban J connectivity index is 1.47. The van der Waals surface area contributed by atoms with E-state index in [1.807, 2.05) is 65.3 Å². The van der Waals surface area contributed by atoms with Gasteiger partial charge in [-0.05, 0) is 30.2 Å². The Morgan fingerprint density at radius 1 is 1.00 bits per heavy atom. The molecule has 31 heavy (non-hydrogen) atoms. The van der Waals surface area contributed by atoms with E-state index in [9.17, 15) is 14.4 Å². The van der Waals surface area contributed by atoms with Gasteiger partial charge in [0, 0.05) is 31.1 Å². The summed E-state index contributed by atoms with van der Waals surface area (Å²) in [7, 11) is 0. The zero-order valence-corrected chi connectivity index (χ0v) is 18.5. The fraction of sp³-hybridized carbons (Fsp3) is 0.348. The van der Waals surface area contributed by atoms with Gasteiger partial charge in [-0.25, -0.2) is 0 Å². The van der Waals surface area contributed by atoms with Gasteiger partial charge in [0.2, 0.25) is 17.7 Å². The topological polar surface area (TPSA) is 95.7 Å². The van der Waals surface area contributed by atoms with E-state index >= 15 is 0 Å². The fourth-order valence-corrected chi connectivity index (χ4v) is 4.22. The van der Waals surface area contributed by atoms with Crippen molar-refractivity contribution in [2.75, 3.05) is 43.8 Å². The first kappa shape index (κ1) is 22.8. The van der Waals surface area contributed by atoms with Crippen LogP contribution in [-0.2, 0) is 20.8 Å². The minimum atomic E-state index is -0.402. The first-order valence-corrected chi connectivity index (χ1v) is 11.3. The van der Waals surface area contributed by atoms with Crippen molar-refractivity contribution >= 4 is 35.2 Å². The van der Waals surface area contributed by atoms with Gasteiger partial charge in [0.1, 0.15) is 0 Å². The van der Waals surface area contributed by atoms with E-state index < -0.39 is 5.91 Å². The van der Waals surface area contributed by atoms with E-state index in [-0.39, 0.29) is 24.1 Å². The molecule has 0 unspecified atom stereocenters. The summed E-state index contributed by atoms with van der Waals surface area (Å²) in [5, 5.41) is 2.92. The van der Waals surface area contributed by atoms with Gasteiger partial charge < -0.3 is 16.0 Å². The number of piperazine rings is 1. The smallest absolute Gasteiger partial charge is 0.238 e. The number of rotatable bonds is 8. The third kappa shape index (κ3) is 6.83. The lowest BCUT2D eigenvalue weighted by atomic mass is 10.1. The number of para-hydroxylation sites is 1. The molecule has 2 aromatic rings. The highest BCUT2D eigenvalue weighted by Crippen LogP contribution is 2.26. The zero-order chi connectivity index (χ0) is 22.2. The second-order valence-corrected chi connectivity index (χ2v) is 8.58. The molecule has 164 valence electrons. The van der Waals surface area contributed by atoms with Crippen molar-refractivity contribution in [3.8, 4) is 0 Å². The third-order valence-electron chi connectivity index (χ3n) is 5.23. The predicted octanol–water partition coefficient (Wildman–Crippen LogP) is 1.90. The Hall–Kier alpha value is -2.84. The molecule has 0 aliphatic carbocycles. The van der Waals surface area contributed by atoms with E-state index in [4.69, 9.17) is 5.73 Å². The average molecular weight is 441 g/mol. The maximum absolute atomic E-state index is 12.6. The lowest BCUT2D eigenvalue weighted by molar-refractivity contribution is -0.132. The Labute approximate surface area is 187 Å². The molecule has 0 spiro atoms. The number of hydrogen-bond acceptors (Lipinski definition) is 5. The van der Waals surface area contributed by atoms with Crippen LogP contribution in [-0.4, -0.2) is 66.0 Å². The van der Waals surface area contributed by atoms with Crippen LogP contribution in [0.25, 0.3) is 0 Å². The Morgan fingerprint density at radius 3 is 2.39 bits per heavy atom. The van der Waals surface area contributed by atoms with Crippen LogP contribution in [0.2, 0.25) is 0 Å². The van der Waals surface area contributed by atoms with Crippen LogP contribution in [0.3, 0.4) is 0 Å². The molecule has 8 heteroatoms. The summed E-state index contributed by atoms with van der Waals surface area (Å²) in [4.78, 5) is 40.9. The quantitative estimate of drug-likeness (QED) is 0.612. The van der Waals surface area contributed by atoms with Crippen LogP contribution >= 0.6 is 11.8 Å². The van der Waals surface area contributed by atoms with E-state index in [0.717, 1.165) is 16.0 Å². The number of primary amides is 1. The minimum Gasteiger partial charge on any atom is -0.369 e. The van der Waals surface area contributed by atoms with Gasteiger partial charge in [0.05, 0.1) is 24.4 Å². The second kappa shape index (κ2) is 11.0. The number of benzene rings is 2. The number of nitrogens with one attached hydrogen (secondary N) is 1. The predicted molar refractivity (Wildman–Crippen MR) is 123 cm³/mol. The molecule has 0 bridgehead atoms. The van der Waals surface area contributed by atoms with E-state index in [2.05, 4.69) is 5.32 Å². The molecule has 1 aliphatic heterocycles. The first-order chi connectivity index (χ1) is 14.9. The molecule has 3 rings (SSSR count). The largest absolute Gasteiger partial charge is 0.369 e. The fourth-order valence-electron chi connectivity index (χ4n) is 3.48. The molecule has 1 aliphatic rings. The van der Waals surface area contributed by atoms with Gasteiger partial charge in [-0.1, -0.05) is 36.4 Å². The number of thioether (sulfide) groups is 1. The highest BCUT2D eigenvalue weighted by molar-refractivity contribution is 8.00. The van der Waals surface area contributed by atoms with Crippen LogP contribution in [0.5, 0.6) is 0 Å². The molecular formula is C23H28N4O3S. The Morgan fingerprint density at radius 2 is 1.68 bits per heavy atom. The average Bonchev–Trinajstić information content (AvgIpc) is 2.75. The molecule has 1 saturated heterocycles. The number of anilines is 1. The number of nitrogens with two attached hydrogens (primary N) is 1. The second-order valence-electron chi connectivity index (χ2n) is 7.56. The van der Waals surface area contributed by atoms with E-state index in [0.29, 0.717) is 38.3 Å². The summed E-state index contributed by atoms with van der Waals surface area (Å²) in [5.74, 6) is -0.239. The third-order valence-corrected chi connectivity index (χ3v) is 6.32. The molecule has 1 heterocycles. The number of carbonyl (C=O) groups excluding carboxylic acids is 3. The van der Waals surface area contributed by atoms with Gasteiger partial charge in [-0.3, -0.25) is 19.3 Å². The van der Waals surface area contributed by atoms with Crippen molar-refractivity contribution in [3.05, 3.63) is 59.7 Å². The number of amides is 3. The molecule has 0 aromatic heterocycles. The Kier molecular flexibility index (Phi) is 8.08. The van der Waals surface area contributed by atoms with Crippen molar-refractivity contribution in [3.63, 3.8) is 0 Å². The van der Waals surface area contributed by atoms with Crippen molar-refractivity contribution in [2.45, 2.75) is 18.2 Å². The van der Waals surface area contributed by atoms with Crippen LogP contribution in [0.1, 0.15) is 11.1 Å². The maximum Gasteiger partial charge on any atom is 0.238 e. The van der Waals surface area contributed by atoms with Gasteiger partial charge in [-0.2, -0.15) is 0 Å². The van der Waals surface area contributed by atoms with Gasteiger partial charge in [0.25, 0.3) is 0 Å². The monoisotopic (exact) mass is 440 g/mol. The molecule has 0 saturated carbocycles. The van der Waals surface area contributed by atoms with Crippen LogP contribution in [0, 0.1) is 6.92 Å². The molecule has 0 radical (unpaired) electrons. The highest BCUT2D eigenvalue weighted by Gasteiger charge is 2.23. The number of hydrogen-bond donors (Lipinski definition) is 2. The molecule has 0 atom stereocenters. The van der Waals surface area contributed by atoms with Crippen LogP contribution in [0.4, 0.5) is 5.69 Å². The summed E-state index contributed by atoms with van der Waals surface area (Å²) >= 11 is 1.30. The first-order valence-electron chi connectivity index (χ1n) is 10.3. The summed E-state index contributed by atoms with van der Waals surface area (Å²) in [6, 6.07) is 15.3. The van der Waals surface area contributed by atoms with E-state index in [1.54, 1.807) is 0 Å². The number of aryl methyl sites for hydroxylation is 1. The molecule has 1 fully saturated rings. The lowest BCUT2D eigenvalue weighted by Gasteiger charge is -2.34. The van der Waals surface area contributed by atoms with Gasteiger partial charge in [-0.15, -0.1) is 11.8 Å². The zero-order valence-electron chi connectivity index (χ0n) is 17.7. The molecule has 2 aromatic carbocycles. The van der Waals surface area contributed by atoms with Gasteiger partial charge in [0.15, 0.2) is 0 Å². The maximum atomic E-state index is 12.6. The van der Waals surface area contributed by atoms with Crippen LogP contribution < -0.4 is 11.1 Å². The summed E-state index contributed by atoms with van der Waals surface area (Å²) < 4.78 is 0. The summed E-state index contributed by atoms with van der Waals surface area (Å²) in [6.45, 7) is 4.82. The molecular weight excluding hydrogens is 412 g/mol. The van der Waals surface area contributed by atoms with Gasteiger partial charge >= 0.3 is 0 Å². The van der Waals surface area contributed by atoms with Crippen molar-refractivity contribution < 1.29 is 14.4 Å².